The number of aryl methyl sites for hydroxylation is 2. The van der Waals surface area contributed by atoms with Gasteiger partial charge in [0.15, 0.2) is 0 Å². The van der Waals surface area contributed by atoms with Crippen LogP contribution in [0.25, 0.3) is 11.3 Å². The number of hydrogen-bond acceptors (Lipinski definition) is 1. The molecule has 139 valence electrons. The molecule has 3 aromatic carbocycles. The van der Waals surface area contributed by atoms with Crippen molar-refractivity contribution in [3.63, 3.8) is 0 Å². The van der Waals surface area contributed by atoms with Crippen LogP contribution in [0.5, 0.6) is 0 Å². The quantitative estimate of drug-likeness (QED) is 0.257. The van der Waals surface area contributed by atoms with Crippen LogP contribution in [0.1, 0.15) is 33.4 Å². The third-order valence-corrected chi connectivity index (χ3v) is 5.68. The molecule has 0 aliphatic heterocycles. The Morgan fingerprint density at radius 1 is 0.714 bits per heavy atom. The zero-order valence-corrected chi connectivity index (χ0v) is 18.3. The Hall–Kier alpha value is -2.54. The van der Waals surface area contributed by atoms with Gasteiger partial charge in [-0.05, 0) is 36.7 Å². The molecule has 0 amide bonds. The van der Waals surface area contributed by atoms with Crippen LogP contribution < -0.4 is 0 Å². The number of fused-ring (bicyclic) bond motifs is 3. The van der Waals surface area contributed by atoms with E-state index in [1.807, 2.05) is 18.3 Å². The first-order valence-electron chi connectivity index (χ1n) is 9.32. The van der Waals surface area contributed by atoms with E-state index >= 15 is 0 Å². The molecule has 0 N–H and O–H groups in total. The van der Waals surface area contributed by atoms with Crippen LogP contribution in [-0.2, 0) is 25.5 Å². The van der Waals surface area contributed by atoms with Gasteiger partial charge in [0, 0.05) is 31.7 Å². The van der Waals surface area contributed by atoms with Crippen molar-refractivity contribution >= 4 is 0 Å². The van der Waals surface area contributed by atoms with Gasteiger partial charge < -0.3 is 4.98 Å². The minimum atomic E-state index is -0.363. The van der Waals surface area contributed by atoms with Crippen molar-refractivity contribution in [2.45, 2.75) is 19.3 Å². The van der Waals surface area contributed by atoms with Crippen molar-refractivity contribution in [3.8, 4) is 11.3 Å². The van der Waals surface area contributed by atoms with Gasteiger partial charge in [0.1, 0.15) is 0 Å². The number of hydrogen-bond donors (Lipinski definition) is 0. The van der Waals surface area contributed by atoms with E-state index in [0.717, 1.165) is 11.3 Å². The Labute approximate surface area is 179 Å². The van der Waals surface area contributed by atoms with Gasteiger partial charge in [0.2, 0.25) is 0 Å². The van der Waals surface area contributed by atoms with Gasteiger partial charge in [0.25, 0.3) is 0 Å². The van der Waals surface area contributed by atoms with Crippen LogP contribution in [0, 0.1) is 19.9 Å². The zero-order valence-electron chi connectivity index (χ0n) is 15.9. The fourth-order valence-electron chi connectivity index (χ4n) is 4.39. The number of rotatable bonds is 2. The SMILES string of the molecule is Cc1ccc(C2(c3ccc(C)cc3)c3ccc[c-]c3-c3ncccc32)cc1.[Ir]. The van der Waals surface area contributed by atoms with Gasteiger partial charge in [-0.15, -0.1) is 35.4 Å². The van der Waals surface area contributed by atoms with Gasteiger partial charge >= 0.3 is 0 Å². The molecule has 1 nitrogen and oxygen atoms in total. The molecule has 1 radical (unpaired) electrons. The predicted molar refractivity (Wildman–Crippen MR) is 110 cm³/mol. The summed E-state index contributed by atoms with van der Waals surface area (Å²) in [5.74, 6) is 0. The number of aromatic nitrogens is 1. The summed E-state index contributed by atoms with van der Waals surface area (Å²) in [7, 11) is 0. The minimum Gasteiger partial charge on any atom is -0.304 e. The largest absolute Gasteiger partial charge is 0.304 e. The molecule has 4 aromatic rings. The summed E-state index contributed by atoms with van der Waals surface area (Å²) in [5, 5.41) is 0. The van der Waals surface area contributed by atoms with E-state index in [9.17, 15) is 0 Å². The summed E-state index contributed by atoms with van der Waals surface area (Å²) >= 11 is 0. The van der Waals surface area contributed by atoms with E-state index < -0.39 is 0 Å². The normalized spacial score (nSPS) is 13.4. The molecule has 0 bridgehead atoms. The van der Waals surface area contributed by atoms with Crippen molar-refractivity contribution in [1.29, 1.82) is 0 Å². The van der Waals surface area contributed by atoms with Gasteiger partial charge in [-0.25, -0.2) is 0 Å². The molecule has 0 unspecified atom stereocenters. The first kappa shape index (κ1) is 18.8. The second-order valence-corrected chi connectivity index (χ2v) is 7.34. The van der Waals surface area contributed by atoms with E-state index in [4.69, 9.17) is 4.98 Å². The third kappa shape index (κ3) is 2.60. The van der Waals surface area contributed by atoms with E-state index in [2.05, 4.69) is 86.6 Å². The zero-order chi connectivity index (χ0) is 18.4. The second-order valence-electron chi connectivity index (χ2n) is 7.34. The average Bonchev–Trinajstić information content (AvgIpc) is 3.01. The van der Waals surface area contributed by atoms with Crippen LogP contribution >= 0.6 is 0 Å². The molecule has 28 heavy (non-hydrogen) atoms. The molecule has 0 fully saturated rings. The Kier molecular flexibility index (Phi) is 4.79. The van der Waals surface area contributed by atoms with Crippen molar-refractivity contribution in [3.05, 3.63) is 125 Å². The maximum atomic E-state index is 4.75. The Morgan fingerprint density at radius 2 is 1.29 bits per heavy atom. The molecular weight excluding hydrogens is 519 g/mol. The number of nitrogens with zero attached hydrogens (tertiary/aromatic N) is 1. The Balaban J connectivity index is 0.00000192. The molecule has 0 saturated carbocycles. The van der Waals surface area contributed by atoms with E-state index in [1.165, 1.54) is 33.4 Å². The van der Waals surface area contributed by atoms with Crippen molar-refractivity contribution in [1.82, 2.24) is 4.98 Å². The van der Waals surface area contributed by atoms with Gasteiger partial charge in [-0.2, -0.15) is 0 Å². The first-order valence-corrected chi connectivity index (χ1v) is 9.32. The number of benzene rings is 3. The number of pyridine rings is 1. The van der Waals surface area contributed by atoms with Gasteiger partial charge in [0.05, 0.1) is 0 Å². The summed E-state index contributed by atoms with van der Waals surface area (Å²) in [6.45, 7) is 4.27. The van der Waals surface area contributed by atoms with Crippen LogP contribution in [-0.4, -0.2) is 4.98 Å². The molecule has 1 aliphatic rings. The molecule has 2 heteroatoms. The van der Waals surface area contributed by atoms with Crippen molar-refractivity contribution < 1.29 is 20.1 Å². The average molecular weight is 539 g/mol. The standard InChI is InChI=1S/C26H20N.Ir/c1-18-9-13-20(14-10-18)26(21-15-11-19(2)12-16-21)23-7-4-3-6-22(23)25-24(26)8-5-17-27-25;/h3-5,7-17H,1-2H3;/q-1;. The van der Waals surface area contributed by atoms with Crippen molar-refractivity contribution in [2.24, 2.45) is 0 Å². The fourth-order valence-corrected chi connectivity index (χ4v) is 4.39. The topological polar surface area (TPSA) is 12.9 Å². The summed E-state index contributed by atoms with van der Waals surface area (Å²) in [6, 6.07) is 31.9. The maximum absolute atomic E-state index is 4.75. The van der Waals surface area contributed by atoms with Crippen LogP contribution in [0.15, 0.2) is 85.1 Å². The van der Waals surface area contributed by atoms with Gasteiger partial charge in [-0.1, -0.05) is 71.3 Å². The first-order chi connectivity index (χ1) is 13.2. The van der Waals surface area contributed by atoms with Crippen LogP contribution in [0.3, 0.4) is 0 Å². The monoisotopic (exact) mass is 539 g/mol. The summed E-state index contributed by atoms with van der Waals surface area (Å²) < 4.78 is 0. The minimum absolute atomic E-state index is 0. The molecule has 1 heterocycles. The molecule has 1 aromatic heterocycles. The maximum Gasteiger partial charge on any atom is 0.0301 e. The molecule has 0 spiro atoms. The summed E-state index contributed by atoms with van der Waals surface area (Å²) in [4.78, 5) is 4.75. The molecule has 0 atom stereocenters. The van der Waals surface area contributed by atoms with Crippen LogP contribution in [0.2, 0.25) is 0 Å². The fraction of sp³-hybridized carbons (Fsp3) is 0.115. The van der Waals surface area contributed by atoms with E-state index in [0.29, 0.717) is 0 Å². The van der Waals surface area contributed by atoms with E-state index in [-0.39, 0.29) is 25.5 Å². The van der Waals surface area contributed by atoms with E-state index in [1.54, 1.807) is 0 Å². The smallest absolute Gasteiger partial charge is 0.0301 e. The Bertz CT molecular complexity index is 1030. The van der Waals surface area contributed by atoms with Crippen molar-refractivity contribution in [2.75, 3.05) is 0 Å². The molecular formula is C26H20IrN-. The molecule has 5 rings (SSSR count). The van der Waals surface area contributed by atoms with Crippen LogP contribution in [0.4, 0.5) is 0 Å². The molecule has 0 saturated heterocycles. The summed E-state index contributed by atoms with van der Waals surface area (Å²) in [5.41, 5.74) is 9.33. The van der Waals surface area contributed by atoms with Gasteiger partial charge in [-0.3, -0.25) is 0 Å². The third-order valence-electron chi connectivity index (χ3n) is 5.68. The molecule has 1 aliphatic carbocycles. The summed E-state index contributed by atoms with van der Waals surface area (Å²) in [6.07, 6.45) is 1.88. The predicted octanol–water partition coefficient (Wildman–Crippen LogP) is 5.86. The Morgan fingerprint density at radius 3 is 1.89 bits per heavy atom. The second kappa shape index (κ2) is 7.13.